The van der Waals surface area contributed by atoms with Crippen LogP contribution in [0.4, 0.5) is 0 Å². The molecule has 0 amide bonds. The van der Waals surface area contributed by atoms with Gasteiger partial charge in [-0.25, -0.2) is 0 Å². The van der Waals surface area contributed by atoms with Gasteiger partial charge in [0.2, 0.25) is 0 Å². The predicted molar refractivity (Wildman–Crippen MR) is 106 cm³/mol. The first-order valence-electron chi connectivity index (χ1n) is 10.0. The number of aromatic nitrogens is 1. The number of fused-ring (bicyclic) bond motifs is 6. The van der Waals surface area contributed by atoms with E-state index in [1.54, 1.807) is 5.56 Å². The Balaban J connectivity index is 1.47. The molecule has 2 aliphatic rings. The van der Waals surface area contributed by atoms with Crippen molar-refractivity contribution in [1.29, 1.82) is 0 Å². The van der Waals surface area contributed by atoms with Crippen molar-refractivity contribution >= 4 is 10.9 Å². The maximum Gasteiger partial charge on any atom is 0.104 e. The summed E-state index contributed by atoms with van der Waals surface area (Å²) in [4.78, 5) is 6.52. The van der Waals surface area contributed by atoms with E-state index in [9.17, 15) is 0 Å². The van der Waals surface area contributed by atoms with Gasteiger partial charge in [0.05, 0.1) is 12.3 Å². The van der Waals surface area contributed by atoms with Crippen molar-refractivity contribution in [2.45, 2.75) is 57.9 Å². The van der Waals surface area contributed by atoms with E-state index < -0.39 is 0 Å². The topological polar surface area (TPSA) is 32.2 Å². The van der Waals surface area contributed by atoms with Gasteiger partial charge in [-0.15, -0.1) is 0 Å². The SMILES string of the molecule is Cc1ccc2[nH]c3c(c2c1)C1CCN(C1)C3CCC(C)c1ccoc1C. The lowest BCUT2D eigenvalue weighted by Gasteiger charge is -2.33. The number of benzene rings is 1. The molecule has 3 nitrogen and oxygen atoms in total. The summed E-state index contributed by atoms with van der Waals surface area (Å²) >= 11 is 0. The van der Waals surface area contributed by atoms with E-state index in [0.717, 1.165) is 5.76 Å². The van der Waals surface area contributed by atoms with Gasteiger partial charge >= 0.3 is 0 Å². The normalized spacial score (nSPS) is 25.6. The van der Waals surface area contributed by atoms with Crippen LogP contribution < -0.4 is 0 Å². The van der Waals surface area contributed by atoms with Crippen molar-refractivity contribution in [3.8, 4) is 0 Å². The highest BCUT2D eigenvalue weighted by atomic mass is 16.3. The minimum absolute atomic E-state index is 0.533. The molecule has 0 spiro atoms. The second-order valence-electron chi connectivity index (χ2n) is 8.41. The molecule has 2 aromatic heterocycles. The molecule has 1 saturated heterocycles. The molecule has 5 rings (SSSR count). The monoisotopic (exact) mass is 348 g/mol. The van der Waals surface area contributed by atoms with Crippen LogP contribution in [0, 0.1) is 13.8 Å². The van der Waals surface area contributed by atoms with Crippen LogP contribution in [-0.4, -0.2) is 23.0 Å². The summed E-state index contributed by atoms with van der Waals surface area (Å²) in [6.45, 7) is 9.09. The van der Waals surface area contributed by atoms with Crippen LogP contribution in [-0.2, 0) is 0 Å². The molecule has 4 unspecified atom stereocenters. The van der Waals surface area contributed by atoms with Gasteiger partial charge in [-0.05, 0) is 74.9 Å². The Morgan fingerprint density at radius 1 is 1.27 bits per heavy atom. The van der Waals surface area contributed by atoms with Crippen LogP contribution >= 0.6 is 0 Å². The lowest BCUT2D eigenvalue weighted by molar-refractivity contribution is 0.209. The third-order valence-electron chi connectivity index (χ3n) is 6.73. The van der Waals surface area contributed by atoms with E-state index in [1.807, 2.05) is 6.26 Å². The minimum atomic E-state index is 0.533. The smallest absolute Gasteiger partial charge is 0.104 e. The number of nitrogens with one attached hydrogen (secondary N) is 1. The molecule has 0 saturated carbocycles. The minimum Gasteiger partial charge on any atom is -0.469 e. The third-order valence-corrected chi connectivity index (χ3v) is 6.73. The summed E-state index contributed by atoms with van der Waals surface area (Å²) in [5.41, 5.74) is 7.16. The number of rotatable bonds is 4. The summed E-state index contributed by atoms with van der Waals surface area (Å²) < 4.78 is 5.52. The number of furan rings is 1. The average Bonchev–Trinajstić information content (AvgIpc) is 3.32. The highest BCUT2D eigenvalue weighted by molar-refractivity contribution is 5.86. The highest BCUT2D eigenvalue weighted by Gasteiger charge is 2.40. The lowest BCUT2D eigenvalue weighted by Crippen LogP contribution is -2.31. The van der Waals surface area contributed by atoms with Crippen molar-refractivity contribution in [3.05, 3.63) is 58.7 Å². The van der Waals surface area contributed by atoms with Crippen LogP contribution in [0.25, 0.3) is 10.9 Å². The number of hydrogen-bond donors (Lipinski definition) is 1. The van der Waals surface area contributed by atoms with Crippen molar-refractivity contribution in [1.82, 2.24) is 9.88 Å². The van der Waals surface area contributed by atoms with Crippen molar-refractivity contribution in [2.75, 3.05) is 13.1 Å². The Morgan fingerprint density at radius 3 is 2.96 bits per heavy atom. The van der Waals surface area contributed by atoms with Gasteiger partial charge in [0.1, 0.15) is 5.76 Å². The molecule has 1 fully saturated rings. The molecule has 4 atom stereocenters. The molecule has 0 radical (unpaired) electrons. The Morgan fingerprint density at radius 2 is 2.15 bits per heavy atom. The molecule has 0 aliphatic carbocycles. The Hall–Kier alpha value is -2.00. The molecule has 26 heavy (non-hydrogen) atoms. The van der Waals surface area contributed by atoms with Gasteiger partial charge in [-0.3, -0.25) is 4.90 Å². The zero-order valence-electron chi connectivity index (χ0n) is 16.0. The van der Waals surface area contributed by atoms with Crippen molar-refractivity contribution < 1.29 is 4.42 Å². The van der Waals surface area contributed by atoms with E-state index in [2.05, 4.69) is 54.9 Å². The second-order valence-corrected chi connectivity index (χ2v) is 8.41. The molecular formula is C23H28N2O. The first kappa shape index (κ1) is 16.2. The number of H-pyrrole nitrogens is 1. The zero-order chi connectivity index (χ0) is 17.8. The van der Waals surface area contributed by atoms with Gasteiger partial charge in [-0.2, -0.15) is 0 Å². The van der Waals surface area contributed by atoms with Gasteiger partial charge in [-0.1, -0.05) is 18.6 Å². The fourth-order valence-corrected chi connectivity index (χ4v) is 5.33. The summed E-state index contributed by atoms with van der Waals surface area (Å²) in [5.74, 6) is 2.33. The Kier molecular flexibility index (Phi) is 3.75. The van der Waals surface area contributed by atoms with E-state index in [4.69, 9.17) is 4.42 Å². The molecular weight excluding hydrogens is 320 g/mol. The van der Waals surface area contributed by atoms with Crippen LogP contribution in [0.5, 0.6) is 0 Å². The van der Waals surface area contributed by atoms with E-state index in [0.29, 0.717) is 17.9 Å². The van der Waals surface area contributed by atoms with Gasteiger partial charge in [0.15, 0.2) is 0 Å². The average molecular weight is 348 g/mol. The van der Waals surface area contributed by atoms with Gasteiger partial charge in [0, 0.05) is 29.1 Å². The summed E-state index contributed by atoms with van der Waals surface area (Å²) in [7, 11) is 0. The molecule has 3 heteroatoms. The largest absolute Gasteiger partial charge is 0.469 e. The fraction of sp³-hybridized carbons (Fsp3) is 0.478. The fourth-order valence-electron chi connectivity index (χ4n) is 5.33. The van der Waals surface area contributed by atoms with Crippen molar-refractivity contribution in [3.63, 3.8) is 0 Å². The van der Waals surface area contributed by atoms with Crippen LogP contribution in [0.2, 0.25) is 0 Å². The first-order valence-corrected chi connectivity index (χ1v) is 10.0. The van der Waals surface area contributed by atoms with Gasteiger partial charge in [0.25, 0.3) is 0 Å². The van der Waals surface area contributed by atoms with Crippen molar-refractivity contribution in [2.24, 2.45) is 0 Å². The van der Waals surface area contributed by atoms with E-state index in [-0.39, 0.29) is 0 Å². The Bertz CT molecular complexity index is 950. The number of hydrogen-bond acceptors (Lipinski definition) is 2. The lowest BCUT2D eigenvalue weighted by atomic mass is 9.87. The van der Waals surface area contributed by atoms with Crippen LogP contribution in [0.1, 0.15) is 72.2 Å². The first-order chi connectivity index (χ1) is 12.6. The second kappa shape index (κ2) is 6.02. The standard InChI is InChI=1S/C23H28N2O/c1-14-4-6-20-19(12-14)22-17-8-10-25(13-17)21(23(22)24-20)7-5-15(2)18-9-11-26-16(18)3/h4,6,9,11-12,15,17,21,24H,5,7-8,10,13H2,1-3H3. The van der Waals surface area contributed by atoms with Crippen LogP contribution in [0.3, 0.4) is 0 Å². The third kappa shape index (κ3) is 2.44. The highest BCUT2D eigenvalue weighted by Crippen LogP contribution is 2.47. The molecule has 136 valence electrons. The summed E-state index contributed by atoms with van der Waals surface area (Å²) in [6, 6.07) is 9.55. The molecule has 2 aliphatic heterocycles. The van der Waals surface area contributed by atoms with Gasteiger partial charge < -0.3 is 9.40 Å². The number of aromatic amines is 1. The molecule has 4 heterocycles. The maximum atomic E-state index is 5.52. The Labute approximate surface area is 155 Å². The van der Waals surface area contributed by atoms with E-state index in [1.165, 1.54) is 60.1 Å². The predicted octanol–water partition coefficient (Wildman–Crippen LogP) is 5.81. The summed E-state index contributed by atoms with van der Waals surface area (Å²) in [5, 5.41) is 1.47. The number of aryl methyl sites for hydroxylation is 2. The quantitative estimate of drug-likeness (QED) is 0.645. The molecule has 2 bridgehead atoms. The molecule has 3 aromatic rings. The zero-order valence-corrected chi connectivity index (χ0v) is 16.0. The summed E-state index contributed by atoms with van der Waals surface area (Å²) in [6.07, 6.45) is 5.53. The molecule has 1 N–H and O–H groups in total. The van der Waals surface area contributed by atoms with Crippen LogP contribution in [0.15, 0.2) is 34.9 Å². The maximum absolute atomic E-state index is 5.52. The van der Waals surface area contributed by atoms with E-state index >= 15 is 0 Å². The number of nitrogens with zero attached hydrogens (tertiary/aromatic N) is 1. The molecule has 1 aromatic carbocycles.